The van der Waals surface area contributed by atoms with Crippen molar-refractivity contribution in [1.29, 1.82) is 0 Å². The number of anilines is 1. The van der Waals surface area contributed by atoms with Crippen LogP contribution in [0.5, 0.6) is 5.75 Å². The van der Waals surface area contributed by atoms with Crippen LogP contribution in [0.4, 0.5) is 10.1 Å². The Kier molecular flexibility index (Phi) is 7.82. The molecule has 1 saturated heterocycles. The Balaban J connectivity index is 1.82. The first-order chi connectivity index (χ1) is 17.6. The Morgan fingerprint density at radius 3 is 2.59 bits per heavy atom. The molecule has 198 valence electrons. The lowest BCUT2D eigenvalue weighted by Crippen LogP contribution is -2.43. The van der Waals surface area contributed by atoms with Crippen LogP contribution in [-0.2, 0) is 11.3 Å². The normalized spacial score (nSPS) is 15.0. The summed E-state index contributed by atoms with van der Waals surface area (Å²) in [4.78, 5) is 36.2. The Labute approximate surface area is 217 Å². The topological polar surface area (TPSA) is 79.7 Å². The first-order valence-electron chi connectivity index (χ1n) is 12.8. The number of benzene rings is 2. The summed E-state index contributed by atoms with van der Waals surface area (Å²) >= 11 is 0. The first kappa shape index (κ1) is 26.6. The number of hydrogen-bond acceptors (Lipinski definition) is 6. The predicted octanol–water partition coefficient (Wildman–Crippen LogP) is 3.66. The van der Waals surface area contributed by atoms with E-state index in [-0.39, 0.29) is 29.6 Å². The molecule has 0 spiro atoms. The second kappa shape index (κ2) is 10.9. The molecule has 1 aliphatic rings. The summed E-state index contributed by atoms with van der Waals surface area (Å²) < 4.78 is 20.6. The fourth-order valence-electron chi connectivity index (χ4n) is 4.72. The molecule has 0 radical (unpaired) electrons. The number of carbonyl (C=O) groups is 1. The number of rotatable bonds is 6. The molecule has 0 saturated carbocycles. The van der Waals surface area contributed by atoms with Gasteiger partial charge in [0, 0.05) is 36.4 Å². The smallest absolute Gasteiger partial charge is 0.262 e. The van der Waals surface area contributed by atoms with Crippen molar-refractivity contribution in [3.63, 3.8) is 0 Å². The van der Waals surface area contributed by atoms with Gasteiger partial charge in [-0.15, -0.1) is 0 Å². The number of likely N-dealkylation sites (N-methyl/N-ethyl adjacent to an activating group) is 1. The molecule has 0 unspecified atom stereocenters. The van der Waals surface area contributed by atoms with Crippen molar-refractivity contribution < 1.29 is 13.9 Å². The molecular formula is C28H36FN5O3. The van der Waals surface area contributed by atoms with Crippen molar-refractivity contribution in [3.05, 3.63) is 52.6 Å². The SMILES string of the molecule is CCN1CCCN(c2ccc3nc(-c4ccc(F)c(OC)c4)n(CC(=O)NC(C)(C)C)c(=O)c3c2)CC1. The van der Waals surface area contributed by atoms with E-state index < -0.39 is 11.4 Å². The molecule has 4 rings (SSSR count). The zero-order chi connectivity index (χ0) is 26.7. The summed E-state index contributed by atoms with van der Waals surface area (Å²) in [5, 5.41) is 3.35. The molecule has 3 aromatic rings. The highest BCUT2D eigenvalue weighted by molar-refractivity contribution is 5.85. The van der Waals surface area contributed by atoms with Crippen LogP contribution in [0.3, 0.4) is 0 Å². The van der Waals surface area contributed by atoms with E-state index >= 15 is 0 Å². The highest BCUT2D eigenvalue weighted by Gasteiger charge is 2.21. The van der Waals surface area contributed by atoms with Crippen molar-refractivity contribution in [2.24, 2.45) is 0 Å². The Bertz CT molecular complexity index is 1350. The molecule has 1 amide bonds. The lowest BCUT2D eigenvalue weighted by atomic mass is 10.1. The van der Waals surface area contributed by atoms with E-state index in [4.69, 9.17) is 9.72 Å². The maximum absolute atomic E-state index is 14.1. The molecular weight excluding hydrogens is 473 g/mol. The van der Waals surface area contributed by atoms with Crippen molar-refractivity contribution in [3.8, 4) is 17.1 Å². The van der Waals surface area contributed by atoms with Gasteiger partial charge in [0.15, 0.2) is 11.6 Å². The maximum atomic E-state index is 14.1. The number of amides is 1. The average molecular weight is 510 g/mol. The predicted molar refractivity (Wildman–Crippen MR) is 145 cm³/mol. The van der Waals surface area contributed by atoms with E-state index in [1.165, 1.54) is 29.9 Å². The molecule has 37 heavy (non-hydrogen) atoms. The fourth-order valence-corrected chi connectivity index (χ4v) is 4.72. The minimum absolute atomic E-state index is 0.0372. The van der Waals surface area contributed by atoms with E-state index in [0.29, 0.717) is 16.5 Å². The lowest BCUT2D eigenvalue weighted by Gasteiger charge is -2.24. The molecule has 0 aliphatic carbocycles. The number of hydrogen-bond donors (Lipinski definition) is 1. The molecule has 8 nitrogen and oxygen atoms in total. The highest BCUT2D eigenvalue weighted by Crippen LogP contribution is 2.27. The summed E-state index contributed by atoms with van der Waals surface area (Å²) in [6.07, 6.45) is 1.05. The fraction of sp³-hybridized carbons (Fsp3) is 0.464. The molecule has 9 heteroatoms. The standard InChI is InChI=1S/C28H36FN5O3/c1-6-32-12-7-13-33(15-14-32)20-9-11-23-21(17-20)27(36)34(18-25(35)31-28(2,3)4)26(30-23)19-8-10-22(29)24(16-19)37-5/h8-11,16-17H,6-7,12-15,18H2,1-5H3,(H,31,35). The largest absolute Gasteiger partial charge is 0.494 e. The van der Waals surface area contributed by atoms with Gasteiger partial charge in [-0.3, -0.25) is 14.2 Å². The van der Waals surface area contributed by atoms with Gasteiger partial charge in [-0.2, -0.15) is 0 Å². The second-order valence-electron chi connectivity index (χ2n) is 10.5. The van der Waals surface area contributed by atoms with E-state index in [1.807, 2.05) is 39.0 Å². The van der Waals surface area contributed by atoms with Crippen LogP contribution in [0.15, 0.2) is 41.2 Å². The van der Waals surface area contributed by atoms with Crippen molar-refractivity contribution in [1.82, 2.24) is 19.8 Å². The van der Waals surface area contributed by atoms with Crippen LogP contribution in [-0.4, -0.2) is 65.7 Å². The van der Waals surface area contributed by atoms with Crippen LogP contribution in [0.2, 0.25) is 0 Å². The van der Waals surface area contributed by atoms with Crippen LogP contribution in [0, 0.1) is 5.82 Å². The molecule has 1 fully saturated rings. The van der Waals surface area contributed by atoms with Gasteiger partial charge in [0.2, 0.25) is 5.91 Å². The van der Waals surface area contributed by atoms with E-state index in [1.54, 1.807) is 0 Å². The number of halogens is 1. The van der Waals surface area contributed by atoms with E-state index in [0.717, 1.165) is 44.8 Å². The number of fused-ring (bicyclic) bond motifs is 1. The average Bonchev–Trinajstić information content (AvgIpc) is 3.10. The van der Waals surface area contributed by atoms with Gasteiger partial charge in [0.1, 0.15) is 12.4 Å². The molecule has 2 aromatic carbocycles. The highest BCUT2D eigenvalue weighted by atomic mass is 19.1. The number of carbonyl (C=O) groups excluding carboxylic acids is 1. The van der Waals surface area contributed by atoms with Gasteiger partial charge in [0.25, 0.3) is 5.56 Å². The summed E-state index contributed by atoms with van der Waals surface area (Å²) in [5.41, 5.74) is 1.18. The van der Waals surface area contributed by atoms with Gasteiger partial charge < -0.3 is 19.9 Å². The van der Waals surface area contributed by atoms with Crippen molar-refractivity contribution in [2.75, 3.05) is 44.7 Å². The number of nitrogens with zero attached hydrogens (tertiary/aromatic N) is 4. The van der Waals surface area contributed by atoms with Crippen LogP contribution in [0.1, 0.15) is 34.1 Å². The van der Waals surface area contributed by atoms with Gasteiger partial charge in [-0.05, 0) is 76.7 Å². The first-order valence-corrected chi connectivity index (χ1v) is 12.8. The number of aromatic nitrogens is 2. The minimum atomic E-state index is -0.518. The van der Waals surface area contributed by atoms with Crippen LogP contribution in [0.25, 0.3) is 22.3 Å². The van der Waals surface area contributed by atoms with Crippen LogP contribution >= 0.6 is 0 Å². The van der Waals surface area contributed by atoms with Crippen molar-refractivity contribution in [2.45, 2.75) is 46.2 Å². The molecule has 1 N–H and O–H groups in total. The maximum Gasteiger partial charge on any atom is 0.262 e. The van der Waals surface area contributed by atoms with Crippen LogP contribution < -0.4 is 20.5 Å². The zero-order valence-corrected chi connectivity index (χ0v) is 22.3. The third-order valence-electron chi connectivity index (χ3n) is 6.56. The summed E-state index contributed by atoms with van der Waals surface area (Å²) in [5.74, 6) is -0.513. The Morgan fingerprint density at radius 2 is 1.89 bits per heavy atom. The number of nitrogens with one attached hydrogen (secondary N) is 1. The van der Waals surface area contributed by atoms with Crippen molar-refractivity contribution >= 4 is 22.5 Å². The third-order valence-corrected chi connectivity index (χ3v) is 6.56. The second-order valence-corrected chi connectivity index (χ2v) is 10.5. The lowest BCUT2D eigenvalue weighted by molar-refractivity contribution is -0.123. The monoisotopic (exact) mass is 509 g/mol. The van der Waals surface area contributed by atoms with Gasteiger partial charge in [0.05, 0.1) is 18.0 Å². The van der Waals surface area contributed by atoms with Gasteiger partial charge in [-0.25, -0.2) is 9.37 Å². The minimum Gasteiger partial charge on any atom is -0.494 e. The van der Waals surface area contributed by atoms with E-state index in [2.05, 4.69) is 22.0 Å². The third kappa shape index (κ3) is 6.10. The molecule has 0 atom stereocenters. The van der Waals surface area contributed by atoms with Gasteiger partial charge in [-0.1, -0.05) is 6.92 Å². The quantitative estimate of drug-likeness (QED) is 0.547. The molecule has 2 heterocycles. The Morgan fingerprint density at radius 1 is 1.11 bits per heavy atom. The van der Waals surface area contributed by atoms with E-state index in [9.17, 15) is 14.0 Å². The molecule has 1 aromatic heterocycles. The summed E-state index contributed by atoms with van der Waals surface area (Å²) in [6.45, 7) is 12.4. The number of ether oxygens (including phenoxy) is 1. The van der Waals surface area contributed by atoms with Gasteiger partial charge >= 0.3 is 0 Å². The Hall–Kier alpha value is -3.46. The molecule has 0 bridgehead atoms. The summed E-state index contributed by atoms with van der Waals surface area (Å²) in [6, 6.07) is 10.0. The molecule has 1 aliphatic heterocycles. The number of methoxy groups -OCH3 is 1. The summed E-state index contributed by atoms with van der Waals surface area (Å²) in [7, 11) is 1.38. The zero-order valence-electron chi connectivity index (χ0n) is 22.3.